The zero-order chi connectivity index (χ0) is 22.6. The van der Waals surface area contributed by atoms with E-state index in [9.17, 15) is 9.59 Å². The molecule has 172 valence electrons. The van der Waals surface area contributed by atoms with Gasteiger partial charge in [-0.3, -0.25) is 9.59 Å². The number of morpholine rings is 1. The summed E-state index contributed by atoms with van der Waals surface area (Å²) in [6.45, 7) is 5.33. The molecule has 1 fully saturated rings. The van der Waals surface area contributed by atoms with Crippen LogP contribution in [-0.4, -0.2) is 56.2 Å². The molecule has 1 aliphatic rings. The zero-order valence-electron chi connectivity index (χ0n) is 18.8. The van der Waals surface area contributed by atoms with Crippen LogP contribution in [0.2, 0.25) is 0 Å². The quantitative estimate of drug-likeness (QED) is 0.514. The van der Waals surface area contributed by atoms with Gasteiger partial charge in [-0.15, -0.1) is 0 Å². The lowest BCUT2D eigenvalue weighted by atomic mass is 10.1. The van der Waals surface area contributed by atoms with Crippen molar-refractivity contribution in [2.45, 2.75) is 32.6 Å². The van der Waals surface area contributed by atoms with Gasteiger partial charge in [0, 0.05) is 30.0 Å². The van der Waals surface area contributed by atoms with Crippen LogP contribution in [0.3, 0.4) is 0 Å². The van der Waals surface area contributed by atoms with Crippen LogP contribution in [0.5, 0.6) is 5.75 Å². The maximum atomic E-state index is 12.6. The van der Waals surface area contributed by atoms with Crippen molar-refractivity contribution in [1.29, 1.82) is 0 Å². The number of anilines is 2. The van der Waals surface area contributed by atoms with Gasteiger partial charge in [-0.2, -0.15) is 0 Å². The number of hydrogen-bond acceptors (Lipinski definition) is 5. The van der Waals surface area contributed by atoms with Crippen molar-refractivity contribution in [2.24, 2.45) is 0 Å². The average molecular weight is 440 g/mol. The van der Waals surface area contributed by atoms with Crippen LogP contribution >= 0.6 is 0 Å². The number of nitrogens with zero attached hydrogens (tertiary/aromatic N) is 1. The molecule has 3 rings (SSSR count). The highest BCUT2D eigenvalue weighted by Gasteiger charge is 2.18. The van der Waals surface area contributed by atoms with E-state index in [1.807, 2.05) is 36.4 Å². The fraction of sp³-hybridized carbons (Fsp3) is 0.440. The summed E-state index contributed by atoms with van der Waals surface area (Å²) in [5.74, 6) is 0.622. The largest absolute Gasteiger partial charge is 0.494 e. The summed E-state index contributed by atoms with van der Waals surface area (Å²) in [7, 11) is 0. The number of benzene rings is 2. The van der Waals surface area contributed by atoms with Gasteiger partial charge in [0.05, 0.1) is 26.4 Å². The molecule has 32 heavy (non-hydrogen) atoms. The molecule has 0 aliphatic carbocycles. The fourth-order valence-corrected chi connectivity index (χ4v) is 3.45. The molecule has 2 aromatic carbocycles. The molecule has 2 aromatic rings. The molecular formula is C25H33N3O4. The second-order valence-electron chi connectivity index (χ2n) is 7.82. The SMILES string of the molecule is CCCCCCOc1ccc(NC(=O)CNc2cccc(C(=O)N3CCOCC3)c2)cc1. The molecule has 0 radical (unpaired) electrons. The first-order valence-corrected chi connectivity index (χ1v) is 11.4. The topological polar surface area (TPSA) is 79.9 Å². The van der Waals surface area contributed by atoms with Gasteiger partial charge in [-0.25, -0.2) is 0 Å². The summed E-state index contributed by atoms with van der Waals surface area (Å²) in [6, 6.07) is 14.6. The second-order valence-corrected chi connectivity index (χ2v) is 7.82. The van der Waals surface area contributed by atoms with Gasteiger partial charge < -0.3 is 25.0 Å². The van der Waals surface area contributed by atoms with E-state index in [-0.39, 0.29) is 18.4 Å². The van der Waals surface area contributed by atoms with Crippen LogP contribution in [0.1, 0.15) is 43.0 Å². The van der Waals surface area contributed by atoms with Crippen LogP contribution in [0.4, 0.5) is 11.4 Å². The Bertz CT molecular complexity index is 864. The van der Waals surface area contributed by atoms with E-state index in [0.29, 0.717) is 44.2 Å². The first-order valence-electron chi connectivity index (χ1n) is 11.4. The average Bonchev–Trinajstić information content (AvgIpc) is 2.84. The number of hydrogen-bond donors (Lipinski definition) is 2. The predicted octanol–water partition coefficient (Wildman–Crippen LogP) is 4.17. The van der Waals surface area contributed by atoms with E-state index >= 15 is 0 Å². The van der Waals surface area contributed by atoms with E-state index in [0.717, 1.165) is 17.9 Å². The molecule has 0 spiro atoms. The van der Waals surface area contributed by atoms with E-state index in [2.05, 4.69) is 17.6 Å². The Morgan fingerprint density at radius 1 is 1.00 bits per heavy atom. The van der Waals surface area contributed by atoms with Crippen LogP contribution in [0, 0.1) is 0 Å². The van der Waals surface area contributed by atoms with Gasteiger partial charge in [0.25, 0.3) is 5.91 Å². The summed E-state index contributed by atoms with van der Waals surface area (Å²) in [6.07, 6.45) is 4.68. The third-order valence-electron chi connectivity index (χ3n) is 5.27. The molecule has 0 aromatic heterocycles. The van der Waals surface area contributed by atoms with Crippen molar-refractivity contribution in [2.75, 3.05) is 50.1 Å². The van der Waals surface area contributed by atoms with Gasteiger partial charge in [0.15, 0.2) is 0 Å². The lowest BCUT2D eigenvalue weighted by molar-refractivity contribution is -0.114. The smallest absolute Gasteiger partial charge is 0.254 e. The van der Waals surface area contributed by atoms with E-state index < -0.39 is 0 Å². The minimum atomic E-state index is -0.164. The van der Waals surface area contributed by atoms with Crippen LogP contribution < -0.4 is 15.4 Å². The number of rotatable bonds is 11. The molecule has 0 atom stereocenters. The zero-order valence-corrected chi connectivity index (χ0v) is 18.8. The molecule has 1 saturated heterocycles. The maximum absolute atomic E-state index is 12.6. The summed E-state index contributed by atoms with van der Waals surface area (Å²) in [5.41, 5.74) is 2.04. The van der Waals surface area contributed by atoms with Crippen molar-refractivity contribution < 1.29 is 19.1 Å². The molecule has 2 amide bonds. The van der Waals surface area contributed by atoms with Gasteiger partial charge in [-0.1, -0.05) is 32.3 Å². The van der Waals surface area contributed by atoms with Crippen molar-refractivity contribution in [3.8, 4) is 5.75 Å². The Morgan fingerprint density at radius 2 is 1.78 bits per heavy atom. The molecule has 0 saturated carbocycles. The van der Waals surface area contributed by atoms with Gasteiger partial charge in [0.2, 0.25) is 5.91 Å². The standard InChI is InChI=1S/C25H33N3O4/c1-2-3-4-5-15-32-23-11-9-21(10-12-23)27-24(29)19-26-22-8-6-7-20(18-22)25(30)28-13-16-31-17-14-28/h6-12,18,26H,2-5,13-17,19H2,1H3,(H,27,29). The Hall–Kier alpha value is -3.06. The Morgan fingerprint density at radius 3 is 2.53 bits per heavy atom. The van der Waals surface area contributed by atoms with Crippen molar-refractivity contribution in [3.63, 3.8) is 0 Å². The van der Waals surface area contributed by atoms with Crippen LogP contribution in [0.15, 0.2) is 48.5 Å². The normalized spacial score (nSPS) is 13.5. The highest BCUT2D eigenvalue weighted by molar-refractivity contribution is 5.96. The van der Waals surface area contributed by atoms with E-state index in [4.69, 9.17) is 9.47 Å². The Balaban J connectivity index is 1.43. The third kappa shape index (κ3) is 7.57. The van der Waals surface area contributed by atoms with E-state index in [1.54, 1.807) is 17.0 Å². The lowest BCUT2D eigenvalue weighted by Gasteiger charge is -2.27. The number of nitrogens with one attached hydrogen (secondary N) is 2. The maximum Gasteiger partial charge on any atom is 0.254 e. The molecular weight excluding hydrogens is 406 g/mol. The molecule has 7 heteroatoms. The highest BCUT2D eigenvalue weighted by Crippen LogP contribution is 2.17. The van der Waals surface area contributed by atoms with Crippen molar-refractivity contribution in [1.82, 2.24) is 4.90 Å². The summed E-state index contributed by atoms with van der Waals surface area (Å²) in [4.78, 5) is 26.7. The number of unbranched alkanes of at least 4 members (excludes halogenated alkanes) is 3. The monoisotopic (exact) mass is 439 g/mol. The highest BCUT2D eigenvalue weighted by atomic mass is 16.5. The molecule has 2 N–H and O–H groups in total. The minimum absolute atomic E-state index is 0.0194. The van der Waals surface area contributed by atoms with Crippen LogP contribution in [0.25, 0.3) is 0 Å². The van der Waals surface area contributed by atoms with Crippen LogP contribution in [-0.2, 0) is 9.53 Å². The first kappa shape index (κ1) is 23.6. The minimum Gasteiger partial charge on any atom is -0.494 e. The number of amides is 2. The Labute approximate surface area is 190 Å². The third-order valence-corrected chi connectivity index (χ3v) is 5.27. The predicted molar refractivity (Wildman–Crippen MR) is 126 cm³/mol. The van der Waals surface area contributed by atoms with Crippen molar-refractivity contribution in [3.05, 3.63) is 54.1 Å². The lowest BCUT2D eigenvalue weighted by Crippen LogP contribution is -2.40. The summed E-state index contributed by atoms with van der Waals surface area (Å²) < 4.78 is 11.0. The molecule has 7 nitrogen and oxygen atoms in total. The molecule has 0 unspecified atom stereocenters. The molecule has 1 aliphatic heterocycles. The van der Waals surface area contributed by atoms with Gasteiger partial charge >= 0.3 is 0 Å². The first-order chi connectivity index (χ1) is 15.7. The number of ether oxygens (including phenoxy) is 2. The fourth-order valence-electron chi connectivity index (χ4n) is 3.45. The van der Waals surface area contributed by atoms with Gasteiger partial charge in [0.1, 0.15) is 5.75 Å². The summed E-state index contributed by atoms with van der Waals surface area (Å²) in [5, 5.41) is 5.95. The van der Waals surface area contributed by atoms with Gasteiger partial charge in [-0.05, 0) is 48.9 Å². The molecule has 0 bridgehead atoms. The van der Waals surface area contributed by atoms with Crippen molar-refractivity contribution >= 4 is 23.2 Å². The molecule has 1 heterocycles. The number of carbonyl (C=O) groups is 2. The number of carbonyl (C=O) groups excluding carboxylic acids is 2. The summed E-state index contributed by atoms with van der Waals surface area (Å²) >= 11 is 0. The Kier molecular flexibility index (Phi) is 9.37. The van der Waals surface area contributed by atoms with E-state index in [1.165, 1.54) is 19.3 Å². The second kappa shape index (κ2) is 12.7.